The molecule has 2 heteroatoms. The Balaban J connectivity index is 2.03. The van der Waals surface area contributed by atoms with Crippen molar-refractivity contribution in [2.45, 2.75) is 58.7 Å². The first kappa shape index (κ1) is 13.7. The van der Waals surface area contributed by atoms with Crippen molar-refractivity contribution in [1.82, 2.24) is 0 Å². The lowest BCUT2D eigenvalue weighted by atomic mass is 9.82. The molecule has 0 aromatic carbocycles. The fourth-order valence-electron chi connectivity index (χ4n) is 2.36. The second-order valence-electron chi connectivity index (χ2n) is 4.64. The molecule has 0 bridgehead atoms. The smallest absolute Gasteiger partial charge is 0.154 e. The fraction of sp³-hybridized carbons (Fsp3) is 0.857. The molecule has 94 valence electrons. The minimum Gasteiger partial charge on any atom is -0.353 e. The summed E-state index contributed by atoms with van der Waals surface area (Å²) in [7, 11) is 0. The molecule has 16 heavy (non-hydrogen) atoms. The Morgan fingerprint density at radius 3 is 2.88 bits per heavy atom. The molecule has 0 saturated heterocycles. The zero-order valence-electron chi connectivity index (χ0n) is 10.8. The second-order valence-corrected chi connectivity index (χ2v) is 4.64. The van der Waals surface area contributed by atoms with Gasteiger partial charge in [0.1, 0.15) is 0 Å². The van der Waals surface area contributed by atoms with Crippen LogP contribution in [0.25, 0.3) is 0 Å². The van der Waals surface area contributed by atoms with E-state index in [9.17, 15) is 0 Å². The third-order valence-corrected chi connectivity index (χ3v) is 3.33. The van der Waals surface area contributed by atoms with Gasteiger partial charge in [-0.05, 0) is 51.9 Å². The molecule has 2 nitrogen and oxygen atoms in total. The van der Waals surface area contributed by atoms with Crippen molar-refractivity contribution in [3.05, 3.63) is 12.2 Å². The minimum absolute atomic E-state index is 0.0560. The van der Waals surface area contributed by atoms with Crippen LogP contribution in [0.2, 0.25) is 0 Å². The summed E-state index contributed by atoms with van der Waals surface area (Å²) in [6.07, 6.45) is 7.59. The van der Waals surface area contributed by atoms with E-state index >= 15 is 0 Å². The van der Waals surface area contributed by atoms with E-state index in [2.05, 4.69) is 6.58 Å². The molecule has 0 heterocycles. The Labute approximate surface area is 100 Å². The molecule has 1 saturated carbocycles. The molecule has 1 aliphatic carbocycles. The molecule has 1 unspecified atom stereocenters. The molecular formula is C14H26O2. The maximum atomic E-state index is 5.56. The number of rotatable bonds is 7. The highest BCUT2D eigenvalue weighted by Crippen LogP contribution is 2.31. The van der Waals surface area contributed by atoms with E-state index in [1.54, 1.807) is 0 Å². The number of hydrogen-bond donors (Lipinski definition) is 0. The van der Waals surface area contributed by atoms with Gasteiger partial charge in [-0.1, -0.05) is 18.6 Å². The van der Waals surface area contributed by atoms with Crippen molar-refractivity contribution >= 4 is 0 Å². The molecule has 0 radical (unpaired) electrons. The van der Waals surface area contributed by atoms with Gasteiger partial charge in [-0.2, -0.15) is 0 Å². The molecule has 1 fully saturated rings. The van der Waals surface area contributed by atoms with Crippen molar-refractivity contribution in [2.75, 3.05) is 13.2 Å². The van der Waals surface area contributed by atoms with E-state index in [1.807, 2.05) is 13.8 Å². The molecule has 0 amide bonds. The van der Waals surface area contributed by atoms with E-state index < -0.39 is 0 Å². The monoisotopic (exact) mass is 226 g/mol. The highest BCUT2D eigenvalue weighted by molar-refractivity contribution is 5.02. The lowest BCUT2D eigenvalue weighted by Gasteiger charge is -2.24. The van der Waals surface area contributed by atoms with Gasteiger partial charge in [0.25, 0.3) is 0 Å². The standard InChI is InChI=1S/C14H26O2/c1-4-15-13(3)16-11-7-10-14-9-6-5-8-12(14)2/h13-14H,2,4-11H2,1,3H3/t13?,14-/m1/s1. The van der Waals surface area contributed by atoms with Crippen LogP contribution < -0.4 is 0 Å². The zero-order valence-corrected chi connectivity index (χ0v) is 10.8. The van der Waals surface area contributed by atoms with Crippen LogP contribution in [0.3, 0.4) is 0 Å². The molecule has 0 aromatic rings. The molecule has 0 aromatic heterocycles. The van der Waals surface area contributed by atoms with Crippen LogP contribution in [0.1, 0.15) is 52.4 Å². The van der Waals surface area contributed by atoms with Crippen molar-refractivity contribution in [1.29, 1.82) is 0 Å². The lowest BCUT2D eigenvalue weighted by Crippen LogP contribution is -2.15. The number of hydrogen-bond acceptors (Lipinski definition) is 2. The van der Waals surface area contributed by atoms with E-state index in [1.165, 1.54) is 37.7 Å². The van der Waals surface area contributed by atoms with Crippen molar-refractivity contribution < 1.29 is 9.47 Å². The van der Waals surface area contributed by atoms with Gasteiger partial charge >= 0.3 is 0 Å². The predicted molar refractivity (Wildman–Crippen MR) is 67.4 cm³/mol. The first-order valence-corrected chi connectivity index (χ1v) is 6.65. The average molecular weight is 226 g/mol. The van der Waals surface area contributed by atoms with Crippen LogP contribution >= 0.6 is 0 Å². The quantitative estimate of drug-likeness (QED) is 0.372. The first-order valence-electron chi connectivity index (χ1n) is 6.65. The Bertz CT molecular complexity index is 201. The normalized spacial score (nSPS) is 23.4. The number of allylic oxidation sites excluding steroid dienone is 1. The maximum absolute atomic E-state index is 5.56. The third-order valence-electron chi connectivity index (χ3n) is 3.33. The summed E-state index contributed by atoms with van der Waals surface area (Å²) in [4.78, 5) is 0. The van der Waals surface area contributed by atoms with E-state index in [0.29, 0.717) is 0 Å². The van der Waals surface area contributed by atoms with Crippen molar-refractivity contribution in [3.63, 3.8) is 0 Å². The Kier molecular flexibility index (Phi) is 6.74. The highest BCUT2D eigenvalue weighted by atomic mass is 16.7. The fourth-order valence-corrected chi connectivity index (χ4v) is 2.36. The molecule has 0 spiro atoms. The molecule has 1 rings (SSSR count). The van der Waals surface area contributed by atoms with Gasteiger partial charge in [-0.25, -0.2) is 0 Å². The Morgan fingerprint density at radius 1 is 1.38 bits per heavy atom. The van der Waals surface area contributed by atoms with Crippen LogP contribution in [0.4, 0.5) is 0 Å². The van der Waals surface area contributed by atoms with E-state index in [4.69, 9.17) is 9.47 Å². The molecule has 2 atom stereocenters. The first-order chi connectivity index (χ1) is 7.74. The SMILES string of the molecule is C=C1CCCC[C@@H]1CCCOC(C)OCC. The largest absolute Gasteiger partial charge is 0.353 e. The van der Waals surface area contributed by atoms with Crippen molar-refractivity contribution in [3.8, 4) is 0 Å². The van der Waals surface area contributed by atoms with E-state index in [0.717, 1.165) is 25.6 Å². The lowest BCUT2D eigenvalue weighted by molar-refractivity contribution is -0.127. The van der Waals surface area contributed by atoms with Gasteiger partial charge in [-0.15, -0.1) is 0 Å². The van der Waals surface area contributed by atoms with Gasteiger partial charge in [-0.3, -0.25) is 0 Å². The summed E-state index contributed by atoms with van der Waals surface area (Å²) in [6.45, 7) is 9.66. The topological polar surface area (TPSA) is 18.5 Å². The summed E-state index contributed by atoms with van der Waals surface area (Å²) in [6, 6.07) is 0. The van der Waals surface area contributed by atoms with Gasteiger partial charge in [0.15, 0.2) is 6.29 Å². The van der Waals surface area contributed by atoms with Crippen molar-refractivity contribution in [2.24, 2.45) is 5.92 Å². The van der Waals surface area contributed by atoms with Crippen LogP contribution in [0.5, 0.6) is 0 Å². The third kappa shape index (κ3) is 5.13. The molecular weight excluding hydrogens is 200 g/mol. The predicted octanol–water partition coefficient (Wildman–Crippen LogP) is 3.91. The maximum Gasteiger partial charge on any atom is 0.154 e. The summed E-state index contributed by atoms with van der Waals surface area (Å²) in [5, 5.41) is 0. The van der Waals surface area contributed by atoms with Crippen LogP contribution in [0.15, 0.2) is 12.2 Å². The molecule has 1 aliphatic rings. The van der Waals surface area contributed by atoms with Gasteiger partial charge in [0.05, 0.1) is 0 Å². The Hall–Kier alpha value is -0.340. The van der Waals surface area contributed by atoms with E-state index in [-0.39, 0.29) is 6.29 Å². The van der Waals surface area contributed by atoms with Crippen LogP contribution in [0, 0.1) is 5.92 Å². The molecule has 0 aliphatic heterocycles. The summed E-state index contributed by atoms with van der Waals surface area (Å²) in [5.41, 5.74) is 1.46. The summed E-state index contributed by atoms with van der Waals surface area (Å²) < 4.78 is 10.9. The Morgan fingerprint density at radius 2 is 2.19 bits per heavy atom. The highest BCUT2D eigenvalue weighted by Gasteiger charge is 2.16. The minimum atomic E-state index is -0.0560. The van der Waals surface area contributed by atoms with Crippen LogP contribution in [-0.4, -0.2) is 19.5 Å². The van der Waals surface area contributed by atoms with Gasteiger partial charge in [0, 0.05) is 13.2 Å². The molecule has 0 N–H and O–H groups in total. The summed E-state index contributed by atoms with van der Waals surface area (Å²) in [5.74, 6) is 0.750. The zero-order chi connectivity index (χ0) is 11.8. The van der Waals surface area contributed by atoms with Gasteiger partial charge in [0.2, 0.25) is 0 Å². The van der Waals surface area contributed by atoms with Gasteiger partial charge < -0.3 is 9.47 Å². The number of ether oxygens (including phenoxy) is 2. The van der Waals surface area contributed by atoms with Crippen LogP contribution in [-0.2, 0) is 9.47 Å². The average Bonchev–Trinajstić information content (AvgIpc) is 2.27. The summed E-state index contributed by atoms with van der Waals surface area (Å²) >= 11 is 0. The second kappa shape index (κ2) is 7.86.